The lowest BCUT2D eigenvalue weighted by Gasteiger charge is -2.35. The molecule has 2 N–H and O–H groups in total. The number of carbonyl (C=O) groups is 1. The zero-order valence-electron chi connectivity index (χ0n) is 26.8. The van der Waals surface area contributed by atoms with Crippen LogP contribution < -0.4 is 9.62 Å². The number of pyridine rings is 1. The Balaban J connectivity index is 0.971. The first-order chi connectivity index (χ1) is 23.3. The number of aromatic nitrogens is 1. The van der Waals surface area contributed by atoms with Crippen LogP contribution in [0.5, 0.6) is 0 Å². The molecule has 2 aromatic heterocycles. The number of benzene rings is 1. The van der Waals surface area contributed by atoms with Crippen molar-refractivity contribution < 1.29 is 26.7 Å². The number of hydrogen-bond donors (Lipinski definition) is 2. The molecule has 6 rings (SSSR count). The molecule has 0 amide bonds. The topological polar surface area (TPSA) is 137 Å². The van der Waals surface area contributed by atoms with Crippen LogP contribution in [0, 0.1) is 11.8 Å². The van der Waals surface area contributed by atoms with Gasteiger partial charge in [-0.25, -0.2) is 21.8 Å². The molecule has 16 heteroatoms. The second kappa shape index (κ2) is 15.2. The molecule has 0 spiro atoms. The van der Waals surface area contributed by atoms with Gasteiger partial charge in [0.1, 0.15) is 24.8 Å². The van der Waals surface area contributed by atoms with E-state index in [-0.39, 0.29) is 21.9 Å². The molecule has 266 valence electrons. The van der Waals surface area contributed by atoms with Crippen LogP contribution in [0.2, 0.25) is 4.34 Å². The van der Waals surface area contributed by atoms with Gasteiger partial charge in [0, 0.05) is 43.3 Å². The largest absolute Gasteiger partial charge is 0.480 e. The second-order valence-electron chi connectivity index (χ2n) is 13.3. The Hall–Kier alpha value is -1.59. The number of fused-ring (bicyclic) bond motifs is 1. The number of thiophene rings is 1. The average molecular weight is 879 g/mol. The van der Waals surface area contributed by atoms with Crippen LogP contribution in [-0.2, 0) is 37.7 Å². The highest BCUT2D eigenvalue weighted by atomic mass is 79.9. The van der Waals surface area contributed by atoms with E-state index in [9.17, 15) is 26.7 Å². The van der Waals surface area contributed by atoms with Gasteiger partial charge in [0.25, 0.3) is 10.0 Å². The van der Waals surface area contributed by atoms with E-state index in [0.717, 1.165) is 80.5 Å². The van der Waals surface area contributed by atoms with Gasteiger partial charge in [-0.1, -0.05) is 55.1 Å². The first kappa shape index (κ1) is 37.2. The third-order valence-corrected chi connectivity index (χ3v) is 17.1. The van der Waals surface area contributed by atoms with Crippen LogP contribution in [0.4, 0.5) is 5.82 Å². The molecule has 3 aromatic rings. The molecule has 2 saturated heterocycles. The van der Waals surface area contributed by atoms with Crippen molar-refractivity contribution in [2.24, 2.45) is 11.8 Å². The van der Waals surface area contributed by atoms with Crippen molar-refractivity contribution in [3.8, 4) is 0 Å². The van der Waals surface area contributed by atoms with Gasteiger partial charge in [0.2, 0.25) is 10.0 Å². The van der Waals surface area contributed by atoms with E-state index in [1.807, 2.05) is 24.3 Å². The highest BCUT2D eigenvalue weighted by molar-refractivity contribution is 9.11. The normalized spacial score (nSPS) is 21.5. The lowest BCUT2D eigenvalue weighted by atomic mass is 9.79. The minimum atomic E-state index is -4.17. The quantitative estimate of drug-likeness (QED) is 0.208. The monoisotopic (exact) mass is 876 g/mol. The third-order valence-electron chi connectivity index (χ3n) is 10.2. The van der Waals surface area contributed by atoms with Crippen molar-refractivity contribution in [3.63, 3.8) is 0 Å². The molecule has 1 aliphatic carbocycles. The van der Waals surface area contributed by atoms with Crippen LogP contribution in [0.3, 0.4) is 0 Å². The number of rotatable bonds is 11. The molecule has 3 aliphatic rings. The zero-order chi connectivity index (χ0) is 35.0. The Morgan fingerprint density at radius 2 is 1.61 bits per heavy atom. The Labute approximate surface area is 314 Å². The SMILES string of the molecule is O=C(O)C1(NS(=O)(=O)c2cnc(N3CCC(CCCC4CCN(S(=O)(=O)c5cc(Br)c(Cl)s5)CC4)CC3)c(Br)c2)CCc2ccccc2C1. The van der Waals surface area contributed by atoms with Gasteiger partial charge in [-0.2, -0.15) is 9.03 Å². The fourth-order valence-electron chi connectivity index (χ4n) is 7.31. The fraction of sp³-hybridized carbons (Fsp3) is 0.515. The van der Waals surface area contributed by atoms with Gasteiger partial charge in [-0.3, -0.25) is 4.79 Å². The molecule has 2 aliphatic heterocycles. The summed E-state index contributed by atoms with van der Waals surface area (Å²) >= 11 is 14.0. The summed E-state index contributed by atoms with van der Waals surface area (Å²) in [4.78, 5) is 19.0. The molecular weight excluding hydrogens is 840 g/mol. The summed E-state index contributed by atoms with van der Waals surface area (Å²) in [6, 6.07) is 10.6. The Morgan fingerprint density at radius 1 is 0.980 bits per heavy atom. The summed E-state index contributed by atoms with van der Waals surface area (Å²) in [5.41, 5.74) is 0.244. The van der Waals surface area contributed by atoms with Crippen LogP contribution in [0.15, 0.2) is 60.6 Å². The molecular formula is C33H39Br2ClN4O6S3. The molecule has 1 atom stereocenters. The van der Waals surface area contributed by atoms with Crippen molar-refractivity contribution in [2.45, 2.75) is 78.9 Å². The third kappa shape index (κ3) is 8.24. The Morgan fingerprint density at radius 3 is 2.20 bits per heavy atom. The minimum Gasteiger partial charge on any atom is -0.480 e. The van der Waals surface area contributed by atoms with Crippen LogP contribution >= 0.6 is 54.8 Å². The molecule has 10 nitrogen and oxygen atoms in total. The maximum Gasteiger partial charge on any atom is 0.325 e. The van der Waals surface area contributed by atoms with E-state index >= 15 is 0 Å². The predicted octanol–water partition coefficient (Wildman–Crippen LogP) is 7.10. The maximum atomic E-state index is 13.5. The summed E-state index contributed by atoms with van der Waals surface area (Å²) in [6.07, 6.45) is 9.10. The van der Waals surface area contributed by atoms with Crippen LogP contribution in [0.25, 0.3) is 0 Å². The number of aliphatic carboxylic acids is 1. The van der Waals surface area contributed by atoms with Gasteiger partial charge in [0.15, 0.2) is 0 Å². The minimum absolute atomic E-state index is 0.0768. The molecule has 0 radical (unpaired) electrons. The lowest BCUT2D eigenvalue weighted by molar-refractivity contribution is -0.144. The Bertz CT molecular complexity index is 1890. The van der Waals surface area contributed by atoms with Crippen LogP contribution in [0.1, 0.15) is 62.5 Å². The number of nitrogens with one attached hydrogen (secondary N) is 1. The summed E-state index contributed by atoms with van der Waals surface area (Å²) in [5, 5.41) is 10.1. The number of carboxylic acid groups (broad SMARTS) is 1. The average Bonchev–Trinajstić information content (AvgIpc) is 3.43. The molecule has 0 saturated carbocycles. The number of piperidine rings is 2. The standard InChI is InChI=1S/C33H39Br2ClN4O6S3/c34-27-19-29(47-30(27)36)49(45,46)40-16-11-23(12-17-40)5-3-4-22-9-14-39(15-10-22)31-28(35)18-26(21-37-31)48(43,44)38-33(32(41)42)13-8-24-6-1-2-7-25(24)20-33/h1-2,6-7,18-19,21-23,38H,3-5,8-17,20H2,(H,41,42). The maximum absolute atomic E-state index is 13.5. The number of halogens is 3. The summed E-state index contributed by atoms with van der Waals surface area (Å²) in [6.45, 7) is 2.68. The molecule has 0 bridgehead atoms. The summed E-state index contributed by atoms with van der Waals surface area (Å²) in [5.74, 6) is 0.599. The number of sulfonamides is 2. The summed E-state index contributed by atoms with van der Waals surface area (Å²) < 4.78 is 59.0. The zero-order valence-corrected chi connectivity index (χ0v) is 33.2. The number of carboxylic acids is 1. The smallest absolute Gasteiger partial charge is 0.325 e. The molecule has 4 heterocycles. The fourth-order valence-corrected chi connectivity index (χ4v) is 13.3. The highest BCUT2D eigenvalue weighted by Gasteiger charge is 2.45. The number of aryl methyl sites for hydroxylation is 1. The predicted molar refractivity (Wildman–Crippen MR) is 198 cm³/mol. The van der Waals surface area contributed by atoms with E-state index in [4.69, 9.17) is 11.6 Å². The first-order valence-corrected chi connectivity index (χ1v) is 22.2. The number of hydrogen-bond acceptors (Lipinski definition) is 8. The van der Waals surface area contributed by atoms with E-state index in [2.05, 4.69) is 46.5 Å². The van der Waals surface area contributed by atoms with E-state index in [0.29, 0.717) is 50.4 Å². The van der Waals surface area contributed by atoms with Crippen LogP contribution in [-0.4, -0.2) is 68.9 Å². The first-order valence-electron chi connectivity index (χ1n) is 16.5. The van der Waals surface area contributed by atoms with Gasteiger partial charge in [-0.05, 0) is 105 Å². The van der Waals surface area contributed by atoms with Gasteiger partial charge in [-0.15, -0.1) is 11.3 Å². The van der Waals surface area contributed by atoms with E-state index < -0.39 is 31.6 Å². The van der Waals surface area contributed by atoms with Crippen molar-refractivity contribution >= 4 is 86.6 Å². The number of anilines is 1. The Kier molecular flexibility index (Phi) is 11.5. The van der Waals surface area contributed by atoms with Crippen molar-refractivity contribution in [3.05, 3.63) is 67.0 Å². The lowest BCUT2D eigenvalue weighted by Crippen LogP contribution is -2.57. The molecule has 1 aromatic carbocycles. The molecule has 2 fully saturated rings. The number of nitrogens with zero attached hydrogens (tertiary/aromatic N) is 3. The van der Waals surface area contributed by atoms with Gasteiger partial charge >= 0.3 is 5.97 Å². The molecule has 49 heavy (non-hydrogen) atoms. The second-order valence-corrected chi connectivity index (χ2v) is 20.5. The highest BCUT2D eigenvalue weighted by Crippen LogP contribution is 2.38. The summed E-state index contributed by atoms with van der Waals surface area (Å²) in [7, 11) is -7.69. The van der Waals surface area contributed by atoms with Gasteiger partial charge in [0.05, 0.1) is 4.47 Å². The van der Waals surface area contributed by atoms with Crippen molar-refractivity contribution in [1.29, 1.82) is 0 Å². The van der Waals surface area contributed by atoms with E-state index in [1.165, 1.54) is 12.3 Å². The van der Waals surface area contributed by atoms with Gasteiger partial charge < -0.3 is 10.0 Å². The van der Waals surface area contributed by atoms with E-state index in [1.54, 1.807) is 10.4 Å². The van der Waals surface area contributed by atoms with Crippen molar-refractivity contribution in [1.82, 2.24) is 14.0 Å². The van der Waals surface area contributed by atoms with Crippen molar-refractivity contribution in [2.75, 3.05) is 31.1 Å². The molecule has 1 unspecified atom stereocenters.